The number of rotatable bonds is 21. The van der Waals surface area contributed by atoms with Gasteiger partial charge in [0.05, 0.1) is 26.4 Å². The molecule has 60 heavy (non-hydrogen) atoms. The van der Waals surface area contributed by atoms with Gasteiger partial charge in [-0.05, 0) is 81.9 Å². The first kappa shape index (κ1) is 42.7. The zero-order valence-corrected chi connectivity index (χ0v) is 33.6. The van der Waals surface area contributed by atoms with Crippen molar-refractivity contribution >= 4 is 23.5 Å². The molecule has 6 aromatic rings. The minimum Gasteiger partial charge on any atom is -0.491 e. The van der Waals surface area contributed by atoms with Crippen molar-refractivity contribution in [2.75, 3.05) is 52.9 Å². The third-order valence-corrected chi connectivity index (χ3v) is 9.36. The van der Waals surface area contributed by atoms with Crippen LogP contribution in [-0.4, -0.2) is 76.4 Å². The molecule has 10 heteroatoms. The minimum atomic E-state index is -0.339. The summed E-state index contributed by atoms with van der Waals surface area (Å²) in [5.41, 5.74) is 8.59. The largest absolute Gasteiger partial charge is 0.491 e. The molecular weight excluding hydrogens is 761 g/mol. The van der Waals surface area contributed by atoms with Crippen LogP contribution < -0.4 is 9.47 Å². The summed E-state index contributed by atoms with van der Waals surface area (Å²) in [5, 5.41) is 0. The number of benzene rings is 6. The number of hydrogen-bond donors (Lipinski definition) is 0. The van der Waals surface area contributed by atoms with Gasteiger partial charge in [-0.3, -0.25) is 19.2 Å². The summed E-state index contributed by atoms with van der Waals surface area (Å²) in [6, 6.07) is 45.9. The molecular formula is C50H46O10. The average Bonchev–Trinajstić information content (AvgIpc) is 3.28. The van der Waals surface area contributed by atoms with Gasteiger partial charge in [-0.15, -0.1) is 0 Å². The number of hydrogen-bond acceptors (Lipinski definition) is 10. The van der Waals surface area contributed by atoms with E-state index >= 15 is 0 Å². The van der Waals surface area contributed by atoms with Crippen molar-refractivity contribution in [2.24, 2.45) is 0 Å². The molecule has 0 spiro atoms. The first-order valence-electron chi connectivity index (χ1n) is 19.6. The zero-order valence-electron chi connectivity index (χ0n) is 33.6. The summed E-state index contributed by atoms with van der Waals surface area (Å²) in [5.74, 6) is 0.435. The van der Waals surface area contributed by atoms with Gasteiger partial charge < -0.3 is 28.4 Å². The predicted molar refractivity (Wildman–Crippen MR) is 228 cm³/mol. The van der Waals surface area contributed by atoms with Crippen LogP contribution in [-0.2, 0) is 28.5 Å². The lowest BCUT2D eigenvalue weighted by molar-refractivity contribution is -0.143. The summed E-state index contributed by atoms with van der Waals surface area (Å²) >= 11 is 0. The first-order chi connectivity index (χ1) is 29.2. The van der Waals surface area contributed by atoms with Crippen molar-refractivity contribution in [1.29, 1.82) is 0 Å². The van der Waals surface area contributed by atoms with E-state index in [1.165, 1.54) is 13.8 Å². The maximum absolute atomic E-state index is 13.2. The zero-order chi connectivity index (χ0) is 42.1. The second-order valence-electron chi connectivity index (χ2n) is 13.6. The third-order valence-electron chi connectivity index (χ3n) is 9.36. The van der Waals surface area contributed by atoms with E-state index in [0.717, 1.165) is 33.4 Å². The van der Waals surface area contributed by atoms with E-state index in [-0.39, 0.29) is 36.7 Å². The fourth-order valence-corrected chi connectivity index (χ4v) is 6.21. The Labute approximate surface area is 349 Å². The Morgan fingerprint density at radius 1 is 0.317 bits per heavy atom. The number of carbonyl (C=O) groups is 4. The molecule has 0 N–H and O–H groups in total. The van der Waals surface area contributed by atoms with E-state index in [0.29, 0.717) is 73.4 Å². The minimum absolute atomic E-state index is 0.0752. The smallest absolute Gasteiger partial charge is 0.302 e. The first-order valence-corrected chi connectivity index (χ1v) is 19.6. The predicted octanol–water partition coefficient (Wildman–Crippen LogP) is 9.07. The fraction of sp³-hybridized carbons (Fsp3) is 0.200. The summed E-state index contributed by atoms with van der Waals surface area (Å²) in [6.07, 6.45) is 0. The quantitative estimate of drug-likeness (QED) is 0.0395. The van der Waals surface area contributed by atoms with E-state index < -0.39 is 0 Å². The fourth-order valence-electron chi connectivity index (χ4n) is 6.21. The van der Waals surface area contributed by atoms with Crippen LogP contribution in [0.4, 0.5) is 0 Å². The van der Waals surface area contributed by atoms with Crippen molar-refractivity contribution in [1.82, 2.24) is 0 Å². The summed E-state index contributed by atoms with van der Waals surface area (Å²) in [4.78, 5) is 47.9. The number of ether oxygens (including phenoxy) is 6. The van der Waals surface area contributed by atoms with Gasteiger partial charge in [0.2, 0.25) is 0 Å². The Bertz CT molecular complexity index is 2150. The van der Waals surface area contributed by atoms with Gasteiger partial charge in [-0.2, -0.15) is 0 Å². The Hall–Kier alpha value is -6.88. The highest BCUT2D eigenvalue weighted by molar-refractivity contribution is 6.10. The molecule has 0 aliphatic heterocycles. The van der Waals surface area contributed by atoms with Crippen LogP contribution in [0.1, 0.15) is 45.7 Å². The standard InChI is InChI=1S/C50H46O10/c1-35(51)57-31-27-55-29-33-59-47-23-19-45(20-24-47)49(53)43-15-11-41(12-16-43)39-7-3-37(4-8-39)38-5-9-40(10-6-38)42-13-17-44(18-14-42)50(54)46-21-25-48(26-22-46)60-34-30-56-28-32-58-36(2)52/h3-26H,27-34H2,1-2H3. The summed E-state index contributed by atoms with van der Waals surface area (Å²) in [6.45, 7) is 5.11. The van der Waals surface area contributed by atoms with Crippen LogP contribution >= 0.6 is 0 Å². The lowest BCUT2D eigenvalue weighted by atomic mass is 9.96. The van der Waals surface area contributed by atoms with Crippen molar-refractivity contribution in [3.63, 3.8) is 0 Å². The van der Waals surface area contributed by atoms with Gasteiger partial charge in [-0.1, -0.05) is 97.1 Å². The average molecular weight is 807 g/mol. The molecule has 0 radical (unpaired) electrons. The lowest BCUT2D eigenvalue weighted by Gasteiger charge is -2.09. The Morgan fingerprint density at radius 3 is 0.817 bits per heavy atom. The van der Waals surface area contributed by atoms with Gasteiger partial charge in [-0.25, -0.2) is 0 Å². The van der Waals surface area contributed by atoms with Crippen LogP contribution in [0.25, 0.3) is 33.4 Å². The van der Waals surface area contributed by atoms with Crippen molar-refractivity contribution in [2.45, 2.75) is 13.8 Å². The van der Waals surface area contributed by atoms with E-state index in [4.69, 9.17) is 28.4 Å². The second kappa shape index (κ2) is 21.8. The topological polar surface area (TPSA) is 124 Å². The molecule has 0 aliphatic rings. The van der Waals surface area contributed by atoms with Crippen LogP contribution in [0.5, 0.6) is 11.5 Å². The Morgan fingerprint density at radius 2 is 0.550 bits per heavy atom. The maximum Gasteiger partial charge on any atom is 0.302 e. The number of carbonyl (C=O) groups excluding carboxylic acids is 4. The van der Waals surface area contributed by atoms with Crippen LogP contribution in [0, 0.1) is 0 Å². The molecule has 0 bridgehead atoms. The molecule has 0 saturated carbocycles. The summed E-state index contributed by atoms with van der Waals surface area (Å²) < 4.78 is 31.7. The Balaban J connectivity index is 0.961. The molecule has 0 aromatic heterocycles. The summed E-state index contributed by atoms with van der Waals surface area (Å²) in [7, 11) is 0. The molecule has 0 fully saturated rings. The van der Waals surface area contributed by atoms with Crippen molar-refractivity contribution in [3.8, 4) is 44.9 Å². The van der Waals surface area contributed by atoms with Crippen LogP contribution in [0.2, 0.25) is 0 Å². The highest BCUT2D eigenvalue weighted by Gasteiger charge is 2.12. The van der Waals surface area contributed by atoms with Gasteiger partial charge in [0, 0.05) is 36.1 Å². The molecule has 10 nitrogen and oxygen atoms in total. The highest BCUT2D eigenvalue weighted by atomic mass is 16.6. The normalized spacial score (nSPS) is 10.8. The van der Waals surface area contributed by atoms with Crippen LogP contribution in [0.15, 0.2) is 146 Å². The lowest BCUT2D eigenvalue weighted by Crippen LogP contribution is -2.12. The molecule has 0 aliphatic carbocycles. The number of esters is 2. The van der Waals surface area contributed by atoms with Gasteiger partial charge >= 0.3 is 11.9 Å². The van der Waals surface area contributed by atoms with E-state index in [2.05, 4.69) is 48.5 Å². The Kier molecular flexibility index (Phi) is 15.5. The molecule has 6 aromatic carbocycles. The SMILES string of the molecule is CC(=O)OCCOCCOc1ccc(C(=O)c2ccc(-c3ccc(-c4ccc(-c5ccc(C(=O)c6ccc(OCCOCCOC(C)=O)cc6)cc5)cc4)cc3)cc2)cc1. The monoisotopic (exact) mass is 806 g/mol. The number of ketones is 2. The van der Waals surface area contributed by atoms with Gasteiger partial charge in [0.15, 0.2) is 11.6 Å². The maximum atomic E-state index is 13.2. The highest BCUT2D eigenvalue weighted by Crippen LogP contribution is 2.29. The molecule has 0 unspecified atom stereocenters. The molecule has 0 amide bonds. The van der Waals surface area contributed by atoms with Gasteiger partial charge in [0.1, 0.15) is 37.9 Å². The van der Waals surface area contributed by atoms with E-state index in [1.807, 2.05) is 48.5 Å². The molecule has 0 atom stereocenters. The van der Waals surface area contributed by atoms with Crippen molar-refractivity contribution < 1.29 is 47.6 Å². The van der Waals surface area contributed by atoms with E-state index in [9.17, 15) is 19.2 Å². The van der Waals surface area contributed by atoms with Crippen molar-refractivity contribution in [3.05, 3.63) is 168 Å². The van der Waals surface area contributed by atoms with Gasteiger partial charge in [0.25, 0.3) is 0 Å². The molecule has 0 heterocycles. The second-order valence-corrected chi connectivity index (χ2v) is 13.6. The third kappa shape index (κ3) is 12.6. The van der Waals surface area contributed by atoms with Crippen LogP contribution in [0.3, 0.4) is 0 Å². The van der Waals surface area contributed by atoms with E-state index in [1.54, 1.807) is 48.5 Å². The molecule has 0 saturated heterocycles. The molecule has 6 rings (SSSR count). The molecule has 306 valence electrons.